The summed E-state index contributed by atoms with van der Waals surface area (Å²) >= 11 is -1.39. The standard InChI is InChI=1S/C17H28O3S/c1-14(2)10-12-19-17(4,5)11-13-20-21(18)16-8-6-15(3)7-9-16/h6-9,14H,10-13H2,1-5H3. The first-order chi connectivity index (χ1) is 9.80. The number of rotatable bonds is 9. The zero-order valence-corrected chi connectivity index (χ0v) is 14.7. The van der Waals surface area contributed by atoms with Gasteiger partial charge in [-0.15, -0.1) is 0 Å². The van der Waals surface area contributed by atoms with Gasteiger partial charge in [0.15, 0.2) is 11.1 Å². The van der Waals surface area contributed by atoms with Gasteiger partial charge in [-0.05, 0) is 45.2 Å². The molecule has 3 nitrogen and oxygen atoms in total. The quantitative estimate of drug-likeness (QED) is 0.683. The van der Waals surface area contributed by atoms with E-state index in [1.54, 1.807) is 0 Å². The molecule has 120 valence electrons. The van der Waals surface area contributed by atoms with E-state index in [9.17, 15) is 4.21 Å². The summed E-state index contributed by atoms with van der Waals surface area (Å²) in [4.78, 5) is 0.708. The summed E-state index contributed by atoms with van der Waals surface area (Å²) in [6, 6.07) is 7.57. The maximum atomic E-state index is 12.0. The smallest absolute Gasteiger partial charge is 0.189 e. The lowest BCUT2D eigenvalue weighted by Gasteiger charge is -2.25. The van der Waals surface area contributed by atoms with Gasteiger partial charge < -0.3 is 4.74 Å². The Kier molecular flexibility index (Phi) is 7.57. The van der Waals surface area contributed by atoms with E-state index in [1.165, 1.54) is 0 Å². The number of aryl methyl sites for hydroxylation is 1. The van der Waals surface area contributed by atoms with E-state index in [0.717, 1.165) is 25.0 Å². The van der Waals surface area contributed by atoms with Crippen molar-refractivity contribution in [3.63, 3.8) is 0 Å². The van der Waals surface area contributed by atoms with Crippen molar-refractivity contribution in [2.24, 2.45) is 5.92 Å². The molecule has 0 spiro atoms. The van der Waals surface area contributed by atoms with E-state index in [-0.39, 0.29) is 5.60 Å². The van der Waals surface area contributed by atoms with Gasteiger partial charge in [0.1, 0.15) is 0 Å². The topological polar surface area (TPSA) is 35.5 Å². The first-order valence-electron chi connectivity index (χ1n) is 7.56. The molecular weight excluding hydrogens is 284 g/mol. The van der Waals surface area contributed by atoms with Crippen LogP contribution in [0.3, 0.4) is 0 Å². The lowest BCUT2D eigenvalue weighted by molar-refractivity contribution is -0.0339. The maximum Gasteiger partial charge on any atom is 0.189 e. The third-order valence-corrected chi connectivity index (χ3v) is 4.33. The third kappa shape index (κ3) is 7.74. The molecule has 1 atom stereocenters. The minimum Gasteiger partial charge on any atom is -0.375 e. The zero-order chi connectivity index (χ0) is 15.9. The van der Waals surface area contributed by atoms with Crippen molar-refractivity contribution < 1.29 is 13.1 Å². The van der Waals surface area contributed by atoms with Crippen molar-refractivity contribution in [2.75, 3.05) is 13.2 Å². The molecule has 0 saturated heterocycles. The van der Waals surface area contributed by atoms with Crippen LogP contribution < -0.4 is 0 Å². The summed E-state index contributed by atoms with van der Waals surface area (Å²) in [6.45, 7) is 11.6. The van der Waals surface area contributed by atoms with E-state index in [1.807, 2.05) is 45.0 Å². The van der Waals surface area contributed by atoms with Gasteiger partial charge in [0.25, 0.3) is 0 Å². The number of hydrogen-bond acceptors (Lipinski definition) is 3. The Labute approximate surface area is 131 Å². The van der Waals surface area contributed by atoms with Crippen LogP contribution in [0.25, 0.3) is 0 Å². The molecule has 0 radical (unpaired) electrons. The minimum absolute atomic E-state index is 0.244. The fourth-order valence-corrected chi connectivity index (χ4v) is 2.45. The van der Waals surface area contributed by atoms with Gasteiger partial charge in [0.05, 0.1) is 17.1 Å². The Morgan fingerprint density at radius 1 is 1.14 bits per heavy atom. The molecule has 1 unspecified atom stereocenters. The van der Waals surface area contributed by atoms with Gasteiger partial charge >= 0.3 is 0 Å². The third-order valence-electron chi connectivity index (χ3n) is 3.30. The second-order valence-electron chi connectivity index (χ2n) is 6.41. The van der Waals surface area contributed by atoms with E-state index < -0.39 is 11.1 Å². The summed E-state index contributed by atoms with van der Waals surface area (Å²) in [5.41, 5.74) is 0.905. The van der Waals surface area contributed by atoms with Gasteiger partial charge in [-0.25, -0.2) is 4.21 Å². The molecule has 1 aromatic carbocycles. The van der Waals surface area contributed by atoms with Crippen molar-refractivity contribution in [1.82, 2.24) is 0 Å². The van der Waals surface area contributed by atoms with Crippen LogP contribution in [0.4, 0.5) is 0 Å². The predicted octanol–water partition coefficient (Wildman–Crippen LogP) is 4.27. The first kappa shape index (κ1) is 18.3. The van der Waals surface area contributed by atoms with Crippen molar-refractivity contribution in [3.05, 3.63) is 29.8 Å². The zero-order valence-electron chi connectivity index (χ0n) is 13.8. The molecule has 1 aromatic rings. The highest BCUT2D eigenvalue weighted by molar-refractivity contribution is 7.80. The van der Waals surface area contributed by atoms with E-state index >= 15 is 0 Å². The Morgan fingerprint density at radius 2 is 1.76 bits per heavy atom. The molecule has 1 rings (SSSR count). The molecule has 0 amide bonds. The minimum atomic E-state index is -1.39. The van der Waals surface area contributed by atoms with Crippen molar-refractivity contribution in [1.29, 1.82) is 0 Å². The lowest BCUT2D eigenvalue weighted by Crippen LogP contribution is -2.27. The molecule has 0 aliphatic heterocycles. The van der Waals surface area contributed by atoms with E-state index in [2.05, 4.69) is 13.8 Å². The molecule has 0 aliphatic rings. The van der Waals surface area contributed by atoms with Crippen LogP contribution in [0.5, 0.6) is 0 Å². The van der Waals surface area contributed by atoms with Crippen LogP contribution in [0.15, 0.2) is 29.2 Å². The summed E-state index contributed by atoms with van der Waals surface area (Å²) in [5, 5.41) is 0. The monoisotopic (exact) mass is 312 g/mol. The summed E-state index contributed by atoms with van der Waals surface area (Å²) in [7, 11) is 0. The lowest BCUT2D eigenvalue weighted by atomic mass is 10.1. The van der Waals surface area contributed by atoms with Crippen molar-refractivity contribution >= 4 is 11.1 Å². The predicted molar refractivity (Wildman–Crippen MR) is 87.6 cm³/mol. The van der Waals surface area contributed by atoms with Gasteiger partial charge in [0.2, 0.25) is 0 Å². The summed E-state index contributed by atoms with van der Waals surface area (Å²) in [5.74, 6) is 0.645. The Bertz CT molecular complexity index is 438. The molecule has 0 N–H and O–H groups in total. The molecule has 0 fully saturated rings. The summed E-state index contributed by atoms with van der Waals surface area (Å²) in [6.07, 6.45) is 1.78. The molecule has 0 aliphatic carbocycles. The highest BCUT2D eigenvalue weighted by Gasteiger charge is 2.19. The fourth-order valence-electron chi connectivity index (χ4n) is 1.72. The number of benzene rings is 1. The van der Waals surface area contributed by atoms with Crippen molar-refractivity contribution in [2.45, 2.75) is 58.0 Å². The van der Waals surface area contributed by atoms with Crippen LogP contribution in [0.1, 0.15) is 46.1 Å². The largest absolute Gasteiger partial charge is 0.375 e. The van der Waals surface area contributed by atoms with Gasteiger partial charge in [-0.1, -0.05) is 31.5 Å². The van der Waals surface area contributed by atoms with E-state index in [4.69, 9.17) is 8.92 Å². The van der Waals surface area contributed by atoms with Gasteiger partial charge in [-0.2, -0.15) is 0 Å². The molecule has 0 heterocycles. The Hall–Kier alpha value is -0.710. The number of ether oxygens (including phenoxy) is 1. The maximum absolute atomic E-state index is 12.0. The Balaban J connectivity index is 2.31. The van der Waals surface area contributed by atoms with Crippen LogP contribution in [-0.2, 0) is 20.0 Å². The molecule has 21 heavy (non-hydrogen) atoms. The average Bonchev–Trinajstić information content (AvgIpc) is 2.38. The van der Waals surface area contributed by atoms with Crippen LogP contribution in [0, 0.1) is 12.8 Å². The van der Waals surface area contributed by atoms with Gasteiger partial charge in [0, 0.05) is 13.0 Å². The highest BCUT2D eigenvalue weighted by atomic mass is 32.2. The Morgan fingerprint density at radius 3 is 2.33 bits per heavy atom. The molecular formula is C17H28O3S. The SMILES string of the molecule is Cc1ccc(S(=O)OCCC(C)(C)OCCC(C)C)cc1. The molecule has 0 saturated carbocycles. The van der Waals surface area contributed by atoms with Gasteiger partial charge in [-0.3, -0.25) is 4.18 Å². The first-order valence-corrected chi connectivity index (χ1v) is 8.63. The van der Waals surface area contributed by atoms with Crippen molar-refractivity contribution in [3.8, 4) is 0 Å². The van der Waals surface area contributed by atoms with Crippen LogP contribution in [-0.4, -0.2) is 23.0 Å². The summed E-state index contributed by atoms with van der Waals surface area (Å²) < 4.78 is 23.3. The second-order valence-corrected chi connectivity index (χ2v) is 7.59. The molecule has 4 heteroatoms. The second kappa shape index (κ2) is 8.66. The van der Waals surface area contributed by atoms with Crippen LogP contribution in [0.2, 0.25) is 0 Å². The molecule has 0 bridgehead atoms. The number of hydrogen-bond donors (Lipinski definition) is 0. The van der Waals surface area contributed by atoms with E-state index in [0.29, 0.717) is 17.4 Å². The molecule has 0 aromatic heterocycles. The average molecular weight is 312 g/mol. The highest BCUT2D eigenvalue weighted by Crippen LogP contribution is 2.17. The normalized spacial score (nSPS) is 13.6. The fraction of sp³-hybridized carbons (Fsp3) is 0.647. The van der Waals surface area contributed by atoms with Crippen LogP contribution >= 0.6 is 0 Å².